The van der Waals surface area contributed by atoms with Crippen LogP contribution < -0.4 is 0 Å². The molecule has 2 amide bonds. The number of amides is 2. The Morgan fingerprint density at radius 3 is 2.13 bits per heavy atom. The molecule has 0 radical (unpaired) electrons. The molecular formula is C9H12N2O3S. The lowest BCUT2D eigenvalue weighted by Gasteiger charge is -2.31. The molecule has 6 heteroatoms. The van der Waals surface area contributed by atoms with Gasteiger partial charge in [0.2, 0.25) is 0 Å². The lowest BCUT2D eigenvalue weighted by atomic mass is 10.2. The van der Waals surface area contributed by atoms with Crippen molar-refractivity contribution >= 4 is 29.1 Å². The van der Waals surface area contributed by atoms with Crippen molar-refractivity contribution in [1.82, 2.24) is 9.80 Å². The second-order valence-electron chi connectivity index (χ2n) is 3.00. The van der Waals surface area contributed by atoms with Crippen LogP contribution in [0.25, 0.3) is 0 Å². The van der Waals surface area contributed by atoms with Gasteiger partial charge in [-0.1, -0.05) is 0 Å². The first-order valence-electron chi connectivity index (χ1n) is 4.42. The van der Waals surface area contributed by atoms with Gasteiger partial charge in [0.1, 0.15) is 11.8 Å². The molecule has 5 nitrogen and oxygen atoms in total. The molecule has 1 aliphatic rings. The lowest BCUT2D eigenvalue weighted by Crippen LogP contribution is -2.52. The Morgan fingerprint density at radius 1 is 1.27 bits per heavy atom. The smallest absolute Gasteiger partial charge is 0.268 e. The Kier molecular flexibility index (Phi) is 3.41. The van der Waals surface area contributed by atoms with Crippen LogP contribution in [0.1, 0.15) is 6.92 Å². The van der Waals surface area contributed by atoms with Gasteiger partial charge in [0.25, 0.3) is 11.8 Å². The highest BCUT2D eigenvalue weighted by molar-refractivity contribution is 7.80. The molecule has 0 aliphatic carbocycles. The Labute approximate surface area is 93.3 Å². The van der Waals surface area contributed by atoms with Gasteiger partial charge in [-0.15, -0.1) is 0 Å². The summed E-state index contributed by atoms with van der Waals surface area (Å²) in [6.07, 6.45) is 1.18. The molecule has 1 rings (SSSR count). The van der Waals surface area contributed by atoms with E-state index in [1.54, 1.807) is 6.92 Å². The third-order valence-corrected chi connectivity index (χ3v) is 2.56. The summed E-state index contributed by atoms with van der Waals surface area (Å²) >= 11 is 4.91. The molecule has 1 saturated heterocycles. The first kappa shape index (κ1) is 11.6. The van der Waals surface area contributed by atoms with Crippen LogP contribution in [-0.4, -0.2) is 47.4 Å². The number of hydrogen-bond donors (Lipinski definition) is 0. The van der Waals surface area contributed by atoms with Crippen LogP contribution in [0.5, 0.6) is 0 Å². The van der Waals surface area contributed by atoms with Crippen LogP contribution in [0.2, 0.25) is 0 Å². The molecule has 0 saturated carbocycles. The van der Waals surface area contributed by atoms with Crippen molar-refractivity contribution in [3.8, 4) is 0 Å². The van der Waals surface area contributed by atoms with Crippen molar-refractivity contribution < 1.29 is 14.3 Å². The van der Waals surface area contributed by atoms with Gasteiger partial charge in [0.05, 0.1) is 6.61 Å². The minimum Gasteiger partial charge on any atom is -0.500 e. The molecule has 82 valence electrons. The summed E-state index contributed by atoms with van der Waals surface area (Å²) in [7, 11) is 3.04. The highest BCUT2D eigenvalue weighted by Crippen LogP contribution is 2.14. The molecule has 0 aromatic carbocycles. The van der Waals surface area contributed by atoms with Gasteiger partial charge < -0.3 is 4.74 Å². The summed E-state index contributed by atoms with van der Waals surface area (Å²) in [6, 6.07) is 0. The van der Waals surface area contributed by atoms with Gasteiger partial charge in [0, 0.05) is 14.1 Å². The Hall–Kier alpha value is -1.43. The lowest BCUT2D eigenvalue weighted by molar-refractivity contribution is -0.132. The van der Waals surface area contributed by atoms with Crippen LogP contribution in [0.3, 0.4) is 0 Å². The second kappa shape index (κ2) is 4.39. The third kappa shape index (κ3) is 1.99. The predicted molar refractivity (Wildman–Crippen MR) is 57.8 cm³/mol. The Morgan fingerprint density at radius 2 is 1.73 bits per heavy atom. The largest absolute Gasteiger partial charge is 0.500 e. The predicted octanol–water partition coefficient (Wildman–Crippen LogP) is 0.122. The zero-order valence-electron chi connectivity index (χ0n) is 8.81. The molecule has 1 heterocycles. The zero-order valence-corrected chi connectivity index (χ0v) is 9.63. The van der Waals surface area contributed by atoms with Gasteiger partial charge in [-0.3, -0.25) is 19.4 Å². The fourth-order valence-corrected chi connectivity index (χ4v) is 1.28. The van der Waals surface area contributed by atoms with Gasteiger partial charge >= 0.3 is 0 Å². The minimum atomic E-state index is -0.434. The van der Waals surface area contributed by atoms with Crippen LogP contribution in [0.4, 0.5) is 0 Å². The molecule has 0 aromatic heterocycles. The van der Waals surface area contributed by atoms with Gasteiger partial charge in [-0.25, -0.2) is 0 Å². The molecule has 0 bridgehead atoms. The third-order valence-electron chi connectivity index (χ3n) is 2.01. The number of carbonyl (C=O) groups is 2. The highest BCUT2D eigenvalue weighted by atomic mass is 32.1. The van der Waals surface area contributed by atoms with Gasteiger partial charge in [0.15, 0.2) is 5.11 Å². The van der Waals surface area contributed by atoms with Gasteiger partial charge in [-0.05, 0) is 19.1 Å². The van der Waals surface area contributed by atoms with E-state index < -0.39 is 11.8 Å². The van der Waals surface area contributed by atoms with Crippen molar-refractivity contribution in [2.45, 2.75) is 6.92 Å². The molecule has 0 aromatic rings. The maximum absolute atomic E-state index is 11.6. The van der Waals surface area contributed by atoms with Crippen LogP contribution in [-0.2, 0) is 14.3 Å². The Balaban J connectivity index is 3.02. The summed E-state index contributed by atoms with van der Waals surface area (Å²) in [5, 5.41) is 0.193. The maximum Gasteiger partial charge on any atom is 0.268 e. The van der Waals surface area contributed by atoms with E-state index in [-0.39, 0.29) is 10.7 Å². The van der Waals surface area contributed by atoms with E-state index in [1.165, 1.54) is 30.2 Å². The SMILES string of the molecule is CCOC=C1C(=O)N(C)C(=S)N(C)C1=O. The number of hydrogen-bond acceptors (Lipinski definition) is 4. The number of nitrogens with zero attached hydrogens (tertiary/aromatic N) is 2. The van der Waals surface area contributed by atoms with Crippen molar-refractivity contribution in [2.24, 2.45) is 0 Å². The monoisotopic (exact) mass is 228 g/mol. The van der Waals surface area contributed by atoms with E-state index in [0.29, 0.717) is 6.61 Å². The van der Waals surface area contributed by atoms with Crippen molar-refractivity contribution in [3.63, 3.8) is 0 Å². The van der Waals surface area contributed by atoms with E-state index in [4.69, 9.17) is 17.0 Å². The maximum atomic E-state index is 11.6. The number of carbonyl (C=O) groups excluding carboxylic acids is 2. The number of ether oxygens (including phenoxy) is 1. The minimum absolute atomic E-state index is 0.00421. The van der Waals surface area contributed by atoms with E-state index in [9.17, 15) is 9.59 Å². The summed E-state index contributed by atoms with van der Waals surface area (Å²) in [6.45, 7) is 2.18. The summed E-state index contributed by atoms with van der Waals surface area (Å²) in [5.41, 5.74) is -0.00421. The molecule has 0 unspecified atom stereocenters. The first-order chi connectivity index (χ1) is 7.00. The molecule has 0 N–H and O–H groups in total. The van der Waals surface area contributed by atoms with Crippen molar-refractivity contribution in [3.05, 3.63) is 11.8 Å². The van der Waals surface area contributed by atoms with E-state index in [0.717, 1.165) is 0 Å². The number of likely N-dealkylation sites (N-methyl/N-ethyl adjacent to an activating group) is 2. The van der Waals surface area contributed by atoms with E-state index in [1.807, 2.05) is 0 Å². The quantitative estimate of drug-likeness (QED) is 0.291. The molecule has 1 aliphatic heterocycles. The fourth-order valence-electron chi connectivity index (χ4n) is 1.12. The molecule has 0 spiro atoms. The normalized spacial score (nSPS) is 17.3. The van der Waals surface area contributed by atoms with E-state index in [2.05, 4.69) is 0 Å². The first-order valence-corrected chi connectivity index (χ1v) is 4.83. The second-order valence-corrected chi connectivity index (χ2v) is 3.36. The van der Waals surface area contributed by atoms with Gasteiger partial charge in [-0.2, -0.15) is 0 Å². The van der Waals surface area contributed by atoms with Crippen molar-refractivity contribution in [1.29, 1.82) is 0 Å². The zero-order chi connectivity index (χ0) is 11.6. The molecule has 1 fully saturated rings. The van der Waals surface area contributed by atoms with Crippen molar-refractivity contribution in [2.75, 3.05) is 20.7 Å². The summed E-state index contributed by atoms with van der Waals surface area (Å²) in [4.78, 5) is 25.8. The number of thiocarbonyl (C=S) groups is 1. The Bertz CT molecular complexity index is 325. The average Bonchev–Trinajstić information content (AvgIpc) is 2.24. The highest BCUT2D eigenvalue weighted by Gasteiger charge is 2.35. The molecular weight excluding hydrogens is 216 g/mol. The topological polar surface area (TPSA) is 49.9 Å². The van der Waals surface area contributed by atoms with Crippen LogP contribution >= 0.6 is 12.2 Å². The standard InChI is InChI=1S/C9H12N2O3S/c1-4-14-5-6-7(12)10(2)9(15)11(3)8(6)13/h5H,4H2,1-3H3. The average molecular weight is 228 g/mol. The fraction of sp³-hybridized carbons (Fsp3) is 0.444. The molecule has 0 atom stereocenters. The summed E-state index contributed by atoms with van der Waals surface area (Å²) in [5.74, 6) is -0.867. The summed E-state index contributed by atoms with van der Waals surface area (Å²) < 4.78 is 4.95. The molecule has 15 heavy (non-hydrogen) atoms. The van der Waals surface area contributed by atoms with E-state index >= 15 is 0 Å². The van der Waals surface area contributed by atoms with Crippen LogP contribution in [0.15, 0.2) is 11.8 Å². The van der Waals surface area contributed by atoms with Crippen LogP contribution in [0, 0.1) is 0 Å². The number of rotatable bonds is 2.